The summed E-state index contributed by atoms with van der Waals surface area (Å²) in [5.41, 5.74) is 1.75. The van der Waals surface area contributed by atoms with Crippen molar-refractivity contribution in [2.75, 3.05) is 13.7 Å². The Kier molecular flexibility index (Phi) is 7.00. The Labute approximate surface area is 165 Å². The fraction of sp³-hybridized carbons (Fsp3) is 0.409. The Morgan fingerprint density at radius 3 is 2.68 bits per heavy atom. The van der Waals surface area contributed by atoms with Gasteiger partial charge in [-0.05, 0) is 43.0 Å². The van der Waals surface area contributed by atoms with Gasteiger partial charge in [0.25, 0.3) is 11.8 Å². The molecule has 1 aromatic heterocycles. The van der Waals surface area contributed by atoms with Crippen molar-refractivity contribution >= 4 is 11.8 Å². The minimum atomic E-state index is -0.219. The maximum absolute atomic E-state index is 12.5. The maximum atomic E-state index is 12.5. The third-order valence-corrected chi connectivity index (χ3v) is 5.07. The first kappa shape index (κ1) is 19.9. The minimum Gasteiger partial charge on any atom is -0.496 e. The van der Waals surface area contributed by atoms with Crippen molar-refractivity contribution in [1.82, 2.24) is 15.6 Å². The maximum Gasteiger partial charge on any atom is 0.270 e. The summed E-state index contributed by atoms with van der Waals surface area (Å²) in [6, 6.07) is 11.1. The Balaban J connectivity index is 1.55. The Hall–Kier alpha value is -2.89. The quantitative estimate of drug-likeness (QED) is 0.772. The lowest BCUT2D eigenvalue weighted by molar-refractivity contribution is 0.0922. The molecular weight excluding hydrogens is 354 g/mol. The summed E-state index contributed by atoms with van der Waals surface area (Å²) in [5, 5.41) is 5.92. The number of amides is 2. The van der Waals surface area contributed by atoms with Crippen molar-refractivity contribution in [3.63, 3.8) is 0 Å². The average molecular weight is 381 g/mol. The van der Waals surface area contributed by atoms with Gasteiger partial charge in [0.05, 0.1) is 7.11 Å². The summed E-state index contributed by atoms with van der Waals surface area (Å²) in [7, 11) is 1.63. The lowest BCUT2D eigenvalue weighted by atomic mass is 9.95. The van der Waals surface area contributed by atoms with Crippen molar-refractivity contribution < 1.29 is 14.3 Å². The average Bonchev–Trinajstić information content (AvgIpc) is 2.75. The number of nitrogens with one attached hydrogen (secondary N) is 2. The highest BCUT2D eigenvalue weighted by Gasteiger charge is 2.18. The molecule has 148 valence electrons. The number of pyridine rings is 1. The van der Waals surface area contributed by atoms with Gasteiger partial charge in [-0.25, -0.2) is 0 Å². The van der Waals surface area contributed by atoms with E-state index in [0.29, 0.717) is 18.5 Å². The molecule has 0 atom stereocenters. The standard InChI is InChI=1S/C22H27N3O3/c1-28-20-10-6-5-7-16(20)11-14-24-21(26)17-12-13-23-19(15-17)22(27)25-18-8-3-2-4-9-18/h5-7,10,12-13,15,18H,2-4,8-9,11,14H2,1H3,(H,24,26)(H,25,27). The molecule has 1 aliphatic carbocycles. The van der Waals surface area contributed by atoms with Crippen LogP contribution in [0.25, 0.3) is 0 Å². The molecule has 1 fully saturated rings. The molecule has 6 heteroatoms. The SMILES string of the molecule is COc1ccccc1CCNC(=O)c1ccnc(C(=O)NC2CCCCC2)c1. The molecule has 0 saturated heterocycles. The number of para-hydroxylation sites is 1. The van der Waals surface area contributed by atoms with E-state index in [1.54, 1.807) is 19.2 Å². The van der Waals surface area contributed by atoms with Gasteiger partial charge in [-0.3, -0.25) is 14.6 Å². The highest BCUT2D eigenvalue weighted by Crippen LogP contribution is 2.18. The van der Waals surface area contributed by atoms with Crippen molar-refractivity contribution in [3.8, 4) is 5.75 Å². The topological polar surface area (TPSA) is 80.3 Å². The summed E-state index contributed by atoms with van der Waals surface area (Å²) in [5.74, 6) is 0.377. The van der Waals surface area contributed by atoms with Gasteiger partial charge in [0.2, 0.25) is 0 Å². The van der Waals surface area contributed by atoms with Crippen LogP contribution in [0, 0.1) is 0 Å². The molecule has 28 heavy (non-hydrogen) atoms. The summed E-state index contributed by atoms with van der Waals surface area (Å²) in [6.07, 6.45) is 7.71. The van der Waals surface area contributed by atoms with Gasteiger partial charge >= 0.3 is 0 Å². The molecule has 1 heterocycles. The number of carbonyl (C=O) groups excluding carboxylic acids is 2. The van der Waals surface area contributed by atoms with Crippen LogP contribution in [-0.4, -0.2) is 36.5 Å². The van der Waals surface area contributed by atoms with Crippen molar-refractivity contribution in [2.24, 2.45) is 0 Å². The van der Waals surface area contributed by atoms with Gasteiger partial charge in [-0.1, -0.05) is 37.5 Å². The van der Waals surface area contributed by atoms with E-state index >= 15 is 0 Å². The molecule has 1 aromatic carbocycles. The van der Waals surface area contributed by atoms with Crippen LogP contribution in [0.3, 0.4) is 0 Å². The summed E-state index contributed by atoms with van der Waals surface area (Å²) >= 11 is 0. The van der Waals surface area contributed by atoms with E-state index in [1.807, 2.05) is 24.3 Å². The van der Waals surface area contributed by atoms with Crippen LogP contribution < -0.4 is 15.4 Å². The number of ether oxygens (including phenoxy) is 1. The number of carbonyl (C=O) groups is 2. The number of rotatable bonds is 7. The number of methoxy groups -OCH3 is 1. The van der Waals surface area contributed by atoms with E-state index in [9.17, 15) is 9.59 Å². The monoisotopic (exact) mass is 381 g/mol. The van der Waals surface area contributed by atoms with Crippen molar-refractivity contribution in [3.05, 3.63) is 59.4 Å². The third kappa shape index (κ3) is 5.31. The first-order valence-corrected chi connectivity index (χ1v) is 9.84. The van der Waals surface area contributed by atoms with Gasteiger partial charge in [-0.15, -0.1) is 0 Å². The molecule has 1 saturated carbocycles. The largest absolute Gasteiger partial charge is 0.496 e. The highest BCUT2D eigenvalue weighted by atomic mass is 16.5. The number of hydrogen-bond donors (Lipinski definition) is 2. The molecule has 2 aromatic rings. The number of hydrogen-bond acceptors (Lipinski definition) is 4. The normalized spacial score (nSPS) is 14.3. The van der Waals surface area contributed by atoms with Gasteiger partial charge in [-0.2, -0.15) is 0 Å². The smallest absolute Gasteiger partial charge is 0.270 e. The van der Waals surface area contributed by atoms with Crippen LogP contribution >= 0.6 is 0 Å². The molecule has 0 bridgehead atoms. The second-order valence-corrected chi connectivity index (χ2v) is 7.06. The van der Waals surface area contributed by atoms with E-state index in [0.717, 1.165) is 37.0 Å². The van der Waals surface area contributed by atoms with Crippen LogP contribution in [0.5, 0.6) is 5.75 Å². The van der Waals surface area contributed by atoms with Gasteiger partial charge in [0, 0.05) is 24.3 Å². The molecular formula is C22H27N3O3. The lowest BCUT2D eigenvalue weighted by Crippen LogP contribution is -2.36. The fourth-order valence-corrected chi connectivity index (χ4v) is 3.52. The first-order valence-electron chi connectivity index (χ1n) is 9.84. The molecule has 0 spiro atoms. The minimum absolute atomic E-state index is 0.210. The van der Waals surface area contributed by atoms with Crippen LogP contribution in [0.2, 0.25) is 0 Å². The van der Waals surface area contributed by atoms with E-state index in [4.69, 9.17) is 4.74 Å². The Morgan fingerprint density at radius 1 is 1.11 bits per heavy atom. The zero-order chi connectivity index (χ0) is 19.8. The summed E-state index contributed by atoms with van der Waals surface area (Å²) in [4.78, 5) is 29.0. The van der Waals surface area contributed by atoms with Crippen LogP contribution in [0.4, 0.5) is 0 Å². The van der Waals surface area contributed by atoms with Gasteiger partial charge < -0.3 is 15.4 Å². The van der Waals surface area contributed by atoms with Gasteiger partial charge in [0.15, 0.2) is 0 Å². The van der Waals surface area contributed by atoms with E-state index in [1.165, 1.54) is 12.6 Å². The summed E-state index contributed by atoms with van der Waals surface area (Å²) in [6.45, 7) is 0.477. The number of nitrogens with zero attached hydrogens (tertiary/aromatic N) is 1. The van der Waals surface area contributed by atoms with Crippen molar-refractivity contribution in [2.45, 2.75) is 44.6 Å². The third-order valence-electron chi connectivity index (χ3n) is 5.07. The number of aromatic nitrogens is 1. The first-order chi connectivity index (χ1) is 13.7. The van der Waals surface area contributed by atoms with E-state index in [-0.39, 0.29) is 23.6 Å². The molecule has 1 aliphatic rings. The molecule has 6 nitrogen and oxygen atoms in total. The van der Waals surface area contributed by atoms with E-state index in [2.05, 4.69) is 15.6 Å². The lowest BCUT2D eigenvalue weighted by Gasteiger charge is -2.22. The second-order valence-electron chi connectivity index (χ2n) is 7.06. The fourth-order valence-electron chi connectivity index (χ4n) is 3.52. The predicted molar refractivity (Wildman–Crippen MR) is 108 cm³/mol. The highest BCUT2D eigenvalue weighted by molar-refractivity contribution is 5.98. The van der Waals surface area contributed by atoms with Crippen LogP contribution in [0.1, 0.15) is 58.5 Å². The van der Waals surface area contributed by atoms with Crippen molar-refractivity contribution in [1.29, 1.82) is 0 Å². The van der Waals surface area contributed by atoms with E-state index < -0.39 is 0 Å². The zero-order valence-electron chi connectivity index (χ0n) is 16.2. The Bertz CT molecular complexity index is 816. The molecule has 0 unspecified atom stereocenters. The molecule has 2 amide bonds. The predicted octanol–water partition coefficient (Wildman–Crippen LogP) is 3.13. The zero-order valence-corrected chi connectivity index (χ0v) is 16.2. The van der Waals surface area contributed by atoms with Crippen LogP contribution in [-0.2, 0) is 6.42 Å². The summed E-state index contributed by atoms with van der Waals surface area (Å²) < 4.78 is 5.33. The Morgan fingerprint density at radius 2 is 1.89 bits per heavy atom. The molecule has 0 aliphatic heterocycles. The molecule has 2 N–H and O–H groups in total. The molecule has 0 radical (unpaired) electrons. The number of benzene rings is 1. The molecule has 3 rings (SSSR count). The van der Waals surface area contributed by atoms with Gasteiger partial charge in [0.1, 0.15) is 11.4 Å². The second kappa shape index (κ2) is 9.88. The van der Waals surface area contributed by atoms with Crippen LogP contribution in [0.15, 0.2) is 42.6 Å².